The molecule has 1 aromatic heterocycles. The first-order valence-corrected chi connectivity index (χ1v) is 6.12. The van der Waals surface area contributed by atoms with Crippen LogP contribution in [0.15, 0.2) is 34.8 Å². The van der Waals surface area contributed by atoms with Gasteiger partial charge in [0.1, 0.15) is 17.5 Å². The molecule has 7 heteroatoms. The van der Waals surface area contributed by atoms with E-state index in [-0.39, 0.29) is 5.02 Å². The number of aromatic nitrogens is 1. The van der Waals surface area contributed by atoms with E-state index < -0.39 is 5.82 Å². The molecule has 0 aliphatic carbocycles. The van der Waals surface area contributed by atoms with E-state index in [2.05, 4.69) is 31.7 Å². The number of anilines is 3. The molecule has 0 bridgehead atoms. The van der Waals surface area contributed by atoms with Gasteiger partial charge in [-0.2, -0.15) is 0 Å². The topological polar surface area (TPSA) is 63.0 Å². The van der Waals surface area contributed by atoms with Gasteiger partial charge in [-0.3, -0.25) is 0 Å². The number of benzene rings is 1. The first-order valence-electron chi connectivity index (χ1n) is 4.95. The molecule has 0 saturated heterocycles. The standard InChI is InChI=1S/C11H9BrClFN4/c12-7-4-6(14)5-8(13)11(7)17-9-2-1-3-10(16-9)18-15/h1-5H,15H2,(H2,16,17,18). The molecule has 4 nitrogen and oxygen atoms in total. The minimum Gasteiger partial charge on any atom is -0.338 e. The highest BCUT2D eigenvalue weighted by atomic mass is 79.9. The minimum atomic E-state index is -0.414. The molecule has 94 valence electrons. The number of hydrazine groups is 1. The summed E-state index contributed by atoms with van der Waals surface area (Å²) in [6, 6.07) is 7.77. The van der Waals surface area contributed by atoms with Gasteiger partial charge in [0.2, 0.25) is 0 Å². The first kappa shape index (κ1) is 13.1. The fourth-order valence-electron chi connectivity index (χ4n) is 1.37. The number of nitrogen functional groups attached to an aromatic ring is 1. The first-order chi connectivity index (χ1) is 8.60. The molecule has 0 radical (unpaired) electrons. The van der Waals surface area contributed by atoms with E-state index in [0.717, 1.165) is 0 Å². The highest BCUT2D eigenvalue weighted by molar-refractivity contribution is 9.10. The van der Waals surface area contributed by atoms with Gasteiger partial charge in [0.25, 0.3) is 0 Å². The van der Waals surface area contributed by atoms with Crippen LogP contribution in [-0.4, -0.2) is 4.98 Å². The Morgan fingerprint density at radius 2 is 2.00 bits per heavy atom. The van der Waals surface area contributed by atoms with Crippen molar-refractivity contribution in [3.05, 3.63) is 45.6 Å². The van der Waals surface area contributed by atoms with Crippen LogP contribution < -0.4 is 16.6 Å². The van der Waals surface area contributed by atoms with E-state index >= 15 is 0 Å². The van der Waals surface area contributed by atoms with Crippen molar-refractivity contribution in [1.82, 2.24) is 4.98 Å². The van der Waals surface area contributed by atoms with Crippen molar-refractivity contribution in [3.63, 3.8) is 0 Å². The lowest BCUT2D eigenvalue weighted by atomic mass is 10.3. The number of hydrogen-bond donors (Lipinski definition) is 3. The summed E-state index contributed by atoms with van der Waals surface area (Å²) in [5.41, 5.74) is 2.98. The lowest BCUT2D eigenvalue weighted by Crippen LogP contribution is -2.09. The van der Waals surface area contributed by atoms with Gasteiger partial charge >= 0.3 is 0 Å². The van der Waals surface area contributed by atoms with E-state index in [4.69, 9.17) is 17.4 Å². The van der Waals surface area contributed by atoms with Crippen LogP contribution in [0.2, 0.25) is 5.02 Å². The molecule has 0 aliphatic heterocycles. The van der Waals surface area contributed by atoms with Gasteiger partial charge in [-0.15, -0.1) is 0 Å². The second kappa shape index (κ2) is 5.51. The second-order valence-corrected chi connectivity index (χ2v) is 4.68. The molecule has 2 rings (SSSR count). The highest BCUT2D eigenvalue weighted by Gasteiger charge is 2.09. The van der Waals surface area contributed by atoms with Crippen molar-refractivity contribution in [3.8, 4) is 0 Å². The fourth-order valence-corrected chi connectivity index (χ4v) is 2.27. The average Bonchev–Trinajstić information content (AvgIpc) is 2.34. The van der Waals surface area contributed by atoms with E-state index in [0.29, 0.717) is 21.8 Å². The summed E-state index contributed by atoms with van der Waals surface area (Å²) in [6.07, 6.45) is 0. The van der Waals surface area contributed by atoms with Gasteiger partial charge in [-0.05, 0) is 40.2 Å². The van der Waals surface area contributed by atoms with E-state index in [1.165, 1.54) is 12.1 Å². The zero-order chi connectivity index (χ0) is 13.1. The second-order valence-electron chi connectivity index (χ2n) is 3.42. The summed E-state index contributed by atoms with van der Waals surface area (Å²) in [4.78, 5) is 4.17. The molecule has 0 unspecified atom stereocenters. The number of nitrogens with zero attached hydrogens (tertiary/aromatic N) is 1. The molecule has 0 amide bonds. The zero-order valence-corrected chi connectivity index (χ0v) is 11.4. The quantitative estimate of drug-likeness (QED) is 0.593. The average molecular weight is 332 g/mol. The lowest BCUT2D eigenvalue weighted by molar-refractivity contribution is 0.627. The molecular weight excluding hydrogens is 323 g/mol. The van der Waals surface area contributed by atoms with Crippen LogP contribution in [0.25, 0.3) is 0 Å². The predicted octanol–water partition coefficient (Wildman–Crippen LogP) is 3.67. The van der Waals surface area contributed by atoms with Crippen LogP contribution in [0.5, 0.6) is 0 Å². The smallest absolute Gasteiger partial charge is 0.142 e. The monoisotopic (exact) mass is 330 g/mol. The maximum atomic E-state index is 13.1. The molecule has 0 fully saturated rings. The van der Waals surface area contributed by atoms with Gasteiger partial charge in [0, 0.05) is 4.47 Å². The Morgan fingerprint density at radius 1 is 1.28 bits per heavy atom. The van der Waals surface area contributed by atoms with Gasteiger partial charge in [0.15, 0.2) is 0 Å². The number of halogens is 3. The summed E-state index contributed by atoms with van der Waals surface area (Å²) in [7, 11) is 0. The summed E-state index contributed by atoms with van der Waals surface area (Å²) in [5, 5.41) is 3.25. The van der Waals surface area contributed by atoms with Crippen LogP contribution in [0.3, 0.4) is 0 Å². The third kappa shape index (κ3) is 2.90. The molecular formula is C11H9BrClFN4. The molecule has 0 atom stereocenters. The number of pyridine rings is 1. The summed E-state index contributed by atoms with van der Waals surface area (Å²) in [6.45, 7) is 0. The van der Waals surface area contributed by atoms with E-state index in [9.17, 15) is 4.39 Å². The van der Waals surface area contributed by atoms with Crippen molar-refractivity contribution < 1.29 is 4.39 Å². The Bertz CT molecular complexity index is 556. The third-order valence-corrected chi connectivity index (χ3v) is 3.08. The van der Waals surface area contributed by atoms with Crippen LogP contribution >= 0.6 is 27.5 Å². The Morgan fingerprint density at radius 3 is 2.67 bits per heavy atom. The fraction of sp³-hybridized carbons (Fsp3) is 0. The number of nitrogens with one attached hydrogen (secondary N) is 2. The number of rotatable bonds is 3. The van der Waals surface area contributed by atoms with Crippen molar-refractivity contribution in [2.75, 3.05) is 10.7 Å². The van der Waals surface area contributed by atoms with Crippen LogP contribution in [0.4, 0.5) is 21.7 Å². The third-order valence-electron chi connectivity index (χ3n) is 2.16. The molecule has 1 aromatic carbocycles. The minimum absolute atomic E-state index is 0.259. The summed E-state index contributed by atoms with van der Waals surface area (Å²) in [5.74, 6) is 5.90. The maximum absolute atomic E-state index is 13.1. The van der Waals surface area contributed by atoms with Crippen LogP contribution in [0, 0.1) is 5.82 Å². The Balaban J connectivity index is 2.33. The lowest BCUT2D eigenvalue weighted by Gasteiger charge is -2.11. The zero-order valence-electron chi connectivity index (χ0n) is 9.05. The summed E-state index contributed by atoms with van der Waals surface area (Å²) >= 11 is 9.19. The molecule has 2 aromatic rings. The van der Waals surface area contributed by atoms with Gasteiger partial charge in [0.05, 0.1) is 10.7 Å². The van der Waals surface area contributed by atoms with Crippen molar-refractivity contribution in [1.29, 1.82) is 0 Å². The molecule has 0 saturated carbocycles. The van der Waals surface area contributed by atoms with E-state index in [1.807, 2.05) is 0 Å². The van der Waals surface area contributed by atoms with Crippen LogP contribution in [-0.2, 0) is 0 Å². The van der Waals surface area contributed by atoms with Gasteiger partial charge < -0.3 is 10.7 Å². The Labute approximate surface area is 116 Å². The molecule has 0 spiro atoms. The Kier molecular flexibility index (Phi) is 4.00. The van der Waals surface area contributed by atoms with E-state index in [1.54, 1.807) is 18.2 Å². The van der Waals surface area contributed by atoms with Crippen LogP contribution in [0.1, 0.15) is 0 Å². The van der Waals surface area contributed by atoms with Crippen molar-refractivity contribution >= 4 is 44.9 Å². The molecule has 1 heterocycles. The van der Waals surface area contributed by atoms with Crippen molar-refractivity contribution in [2.24, 2.45) is 5.84 Å². The van der Waals surface area contributed by atoms with Crippen molar-refractivity contribution in [2.45, 2.75) is 0 Å². The van der Waals surface area contributed by atoms with Gasteiger partial charge in [-0.1, -0.05) is 17.7 Å². The Hall–Kier alpha value is -1.37. The molecule has 4 N–H and O–H groups in total. The maximum Gasteiger partial charge on any atom is 0.142 e. The summed E-state index contributed by atoms with van der Waals surface area (Å²) < 4.78 is 13.6. The predicted molar refractivity (Wildman–Crippen MR) is 74.4 cm³/mol. The SMILES string of the molecule is NNc1cccc(Nc2c(Cl)cc(F)cc2Br)n1. The molecule has 0 aliphatic rings. The van der Waals surface area contributed by atoms with Gasteiger partial charge in [-0.25, -0.2) is 15.2 Å². The number of hydrogen-bond acceptors (Lipinski definition) is 4. The number of nitrogens with two attached hydrogens (primary N) is 1. The molecule has 18 heavy (non-hydrogen) atoms. The normalized spacial score (nSPS) is 10.2. The highest BCUT2D eigenvalue weighted by Crippen LogP contribution is 2.33. The largest absolute Gasteiger partial charge is 0.338 e.